The average molecular weight is 389 g/mol. The normalized spacial score (nSPS) is 14.4. The van der Waals surface area contributed by atoms with Gasteiger partial charge < -0.3 is 14.4 Å². The highest BCUT2D eigenvalue weighted by molar-refractivity contribution is 6.07. The van der Waals surface area contributed by atoms with Crippen LogP contribution in [0.2, 0.25) is 0 Å². The number of carbonyl (C=O) groups is 2. The molecule has 0 saturated carbocycles. The molecule has 2 aromatic carbocycles. The summed E-state index contributed by atoms with van der Waals surface area (Å²) in [6.07, 6.45) is 4.25. The van der Waals surface area contributed by atoms with Crippen LogP contribution in [0.15, 0.2) is 60.8 Å². The highest BCUT2D eigenvalue weighted by atomic mass is 16.2. The van der Waals surface area contributed by atoms with E-state index in [1.807, 2.05) is 70.1 Å². The van der Waals surface area contributed by atoms with Gasteiger partial charge in [0.1, 0.15) is 0 Å². The Morgan fingerprint density at radius 2 is 1.52 bits per heavy atom. The van der Waals surface area contributed by atoms with E-state index in [4.69, 9.17) is 0 Å². The summed E-state index contributed by atoms with van der Waals surface area (Å²) in [7, 11) is 1.96. The highest BCUT2D eigenvalue weighted by Crippen LogP contribution is 2.22. The molecule has 2 amide bonds. The molecule has 0 unspecified atom stereocenters. The zero-order valence-electron chi connectivity index (χ0n) is 16.9. The predicted molar refractivity (Wildman–Crippen MR) is 115 cm³/mol. The number of rotatable bonds is 5. The van der Waals surface area contributed by atoms with Crippen molar-refractivity contribution in [3.63, 3.8) is 0 Å². The minimum atomic E-state index is 0.0537. The van der Waals surface area contributed by atoms with Crippen molar-refractivity contribution >= 4 is 22.7 Å². The van der Waals surface area contributed by atoms with Crippen molar-refractivity contribution in [2.45, 2.75) is 19.3 Å². The van der Waals surface area contributed by atoms with Crippen molar-refractivity contribution in [3.8, 4) is 0 Å². The number of aromatic nitrogens is 1. The van der Waals surface area contributed by atoms with Gasteiger partial charge in [-0.05, 0) is 24.5 Å². The van der Waals surface area contributed by atoms with E-state index in [2.05, 4.69) is 12.1 Å². The van der Waals surface area contributed by atoms with Crippen LogP contribution < -0.4 is 0 Å². The largest absolute Gasteiger partial charge is 0.350 e. The molecule has 0 N–H and O–H groups in total. The first kappa shape index (κ1) is 19.2. The quantitative estimate of drug-likeness (QED) is 0.671. The molecule has 0 atom stereocenters. The summed E-state index contributed by atoms with van der Waals surface area (Å²) < 4.78 is 2.00. The van der Waals surface area contributed by atoms with Gasteiger partial charge >= 0.3 is 0 Å². The van der Waals surface area contributed by atoms with Gasteiger partial charge in [0, 0.05) is 56.7 Å². The fourth-order valence-corrected chi connectivity index (χ4v) is 4.09. The standard InChI is InChI=1S/C24H27N3O2/c1-25-18-21(20-11-5-6-12-22(20)25)24(29)27-16-14-26(15-17-27)23(28)13-7-10-19-8-3-2-4-9-19/h2-6,8-9,11-12,18H,7,10,13-17H2,1H3. The number of benzene rings is 2. The Morgan fingerprint density at radius 1 is 0.862 bits per heavy atom. The Bertz CT molecular complexity index is 1000. The smallest absolute Gasteiger partial charge is 0.256 e. The van der Waals surface area contributed by atoms with Crippen LogP contribution in [0.1, 0.15) is 28.8 Å². The van der Waals surface area contributed by atoms with E-state index < -0.39 is 0 Å². The van der Waals surface area contributed by atoms with Crippen molar-refractivity contribution in [1.82, 2.24) is 14.4 Å². The van der Waals surface area contributed by atoms with Crippen LogP contribution in [-0.2, 0) is 18.3 Å². The summed E-state index contributed by atoms with van der Waals surface area (Å²) in [6, 6.07) is 18.2. The van der Waals surface area contributed by atoms with Crippen LogP contribution in [-0.4, -0.2) is 52.4 Å². The van der Waals surface area contributed by atoms with Crippen molar-refractivity contribution in [1.29, 1.82) is 0 Å². The molecule has 3 aromatic rings. The second-order valence-electron chi connectivity index (χ2n) is 7.68. The lowest BCUT2D eigenvalue weighted by Gasteiger charge is -2.34. The third-order valence-electron chi connectivity index (χ3n) is 5.75. The van der Waals surface area contributed by atoms with E-state index in [1.165, 1.54) is 5.56 Å². The Balaban J connectivity index is 1.30. The van der Waals surface area contributed by atoms with E-state index in [0.717, 1.165) is 29.3 Å². The Hall–Kier alpha value is -3.08. The summed E-state index contributed by atoms with van der Waals surface area (Å²) in [4.78, 5) is 29.3. The molecule has 0 bridgehead atoms. The number of hydrogen-bond donors (Lipinski definition) is 0. The molecule has 1 fully saturated rings. The van der Waals surface area contributed by atoms with E-state index in [-0.39, 0.29) is 11.8 Å². The molecule has 0 spiro atoms. The molecule has 5 nitrogen and oxygen atoms in total. The molecule has 4 rings (SSSR count). The molecular formula is C24H27N3O2. The van der Waals surface area contributed by atoms with Gasteiger partial charge in [-0.1, -0.05) is 48.5 Å². The number of para-hydroxylation sites is 1. The van der Waals surface area contributed by atoms with Crippen LogP contribution in [0.4, 0.5) is 0 Å². The number of piperazine rings is 1. The minimum absolute atomic E-state index is 0.0537. The first-order valence-corrected chi connectivity index (χ1v) is 10.3. The van der Waals surface area contributed by atoms with Gasteiger partial charge in [-0.2, -0.15) is 0 Å². The first-order chi connectivity index (χ1) is 14.1. The zero-order chi connectivity index (χ0) is 20.2. The number of aryl methyl sites for hydroxylation is 2. The maximum Gasteiger partial charge on any atom is 0.256 e. The molecule has 150 valence electrons. The zero-order valence-corrected chi connectivity index (χ0v) is 16.9. The summed E-state index contributed by atoms with van der Waals surface area (Å²) in [5, 5.41) is 0.986. The molecular weight excluding hydrogens is 362 g/mol. The summed E-state index contributed by atoms with van der Waals surface area (Å²) in [5.74, 6) is 0.246. The summed E-state index contributed by atoms with van der Waals surface area (Å²) in [6.45, 7) is 2.40. The average Bonchev–Trinajstić information content (AvgIpc) is 3.11. The SMILES string of the molecule is Cn1cc(C(=O)N2CCN(C(=O)CCCc3ccccc3)CC2)c2ccccc21. The predicted octanol–water partition coefficient (Wildman–Crippen LogP) is 3.49. The van der Waals surface area contributed by atoms with Crippen molar-refractivity contribution < 1.29 is 9.59 Å². The lowest BCUT2D eigenvalue weighted by molar-refractivity contribution is -0.132. The maximum absolute atomic E-state index is 13.0. The molecule has 0 radical (unpaired) electrons. The third kappa shape index (κ3) is 4.19. The lowest BCUT2D eigenvalue weighted by atomic mass is 10.1. The van der Waals surface area contributed by atoms with Gasteiger partial charge in [0.2, 0.25) is 5.91 Å². The Labute approximate surface area is 171 Å². The van der Waals surface area contributed by atoms with E-state index in [9.17, 15) is 9.59 Å². The molecule has 1 aliphatic rings. The highest BCUT2D eigenvalue weighted by Gasteiger charge is 2.26. The molecule has 5 heteroatoms. The minimum Gasteiger partial charge on any atom is -0.350 e. The molecule has 1 saturated heterocycles. The summed E-state index contributed by atoms with van der Waals surface area (Å²) in [5.41, 5.74) is 3.07. The number of hydrogen-bond acceptors (Lipinski definition) is 2. The number of carbonyl (C=O) groups excluding carboxylic acids is 2. The maximum atomic E-state index is 13.0. The van der Waals surface area contributed by atoms with Gasteiger partial charge in [0.15, 0.2) is 0 Å². The molecule has 2 heterocycles. The number of amides is 2. The van der Waals surface area contributed by atoms with Gasteiger partial charge in [0.05, 0.1) is 5.56 Å². The molecule has 29 heavy (non-hydrogen) atoms. The monoisotopic (exact) mass is 389 g/mol. The second-order valence-corrected chi connectivity index (χ2v) is 7.68. The van der Waals surface area contributed by atoms with Gasteiger partial charge in [-0.25, -0.2) is 0 Å². The topological polar surface area (TPSA) is 45.6 Å². The Kier molecular flexibility index (Phi) is 5.65. The van der Waals surface area contributed by atoms with Crippen molar-refractivity contribution in [2.24, 2.45) is 7.05 Å². The van der Waals surface area contributed by atoms with Crippen LogP contribution in [0.5, 0.6) is 0 Å². The van der Waals surface area contributed by atoms with Crippen LogP contribution in [0, 0.1) is 0 Å². The van der Waals surface area contributed by atoms with Crippen LogP contribution in [0.3, 0.4) is 0 Å². The van der Waals surface area contributed by atoms with E-state index >= 15 is 0 Å². The molecule has 1 aliphatic heterocycles. The second kappa shape index (κ2) is 8.52. The van der Waals surface area contributed by atoms with E-state index in [1.54, 1.807) is 0 Å². The lowest BCUT2D eigenvalue weighted by Crippen LogP contribution is -2.50. The molecule has 0 aliphatic carbocycles. The number of fused-ring (bicyclic) bond motifs is 1. The van der Waals surface area contributed by atoms with Gasteiger partial charge in [0.25, 0.3) is 5.91 Å². The fourth-order valence-electron chi connectivity index (χ4n) is 4.09. The number of nitrogens with zero attached hydrogens (tertiary/aromatic N) is 3. The van der Waals surface area contributed by atoms with Crippen molar-refractivity contribution in [2.75, 3.05) is 26.2 Å². The summed E-state index contributed by atoms with van der Waals surface area (Å²) >= 11 is 0. The van der Waals surface area contributed by atoms with Crippen LogP contribution in [0.25, 0.3) is 10.9 Å². The van der Waals surface area contributed by atoms with E-state index in [0.29, 0.717) is 32.6 Å². The van der Waals surface area contributed by atoms with Gasteiger partial charge in [-0.3, -0.25) is 9.59 Å². The van der Waals surface area contributed by atoms with Crippen molar-refractivity contribution in [3.05, 3.63) is 71.9 Å². The fraction of sp³-hybridized carbons (Fsp3) is 0.333. The Morgan fingerprint density at radius 3 is 2.28 bits per heavy atom. The third-order valence-corrected chi connectivity index (χ3v) is 5.75. The first-order valence-electron chi connectivity index (χ1n) is 10.3. The van der Waals surface area contributed by atoms with Crippen LogP contribution >= 0.6 is 0 Å². The van der Waals surface area contributed by atoms with Gasteiger partial charge in [-0.15, -0.1) is 0 Å². The molecule has 1 aromatic heterocycles.